The van der Waals surface area contributed by atoms with Gasteiger partial charge in [-0.1, -0.05) is 12.0 Å². The molecule has 0 aliphatic rings. The first kappa shape index (κ1) is 19.9. The van der Waals surface area contributed by atoms with Crippen molar-refractivity contribution in [3.8, 4) is 17.6 Å². The van der Waals surface area contributed by atoms with Crippen LogP contribution in [0.15, 0.2) is 66.9 Å². The minimum Gasteiger partial charge on any atom is -0.497 e. The van der Waals surface area contributed by atoms with Gasteiger partial charge in [0, 0.05) is 28.7 Å². The second-order valence-corrected chi connectivity index (χ2v) is 6.55. The van der Waals surface area contributed by atoms with E-state index in [9.17, 15) is 13.2 Å². The van der Waals surface area contributed by atoms with Crippen molar-refractivity contribution in [1.82, 2.24) is 4.98 Å². The Morgan fingerprint density at radius 1 is 1.00 bits per heavy atom. The summed E-state index contributed by atoms with van der Waals surface area (Å²) in [5, 5.41) is 2.76. The van der Waals surface area contributed by atoms with Crippen LogP contribution in [-0.2, 0) is 10.9 Å². The Hall–Kier alpha value is -3.83. The molecule has 0 aliphatic heterocycles. The molecule has 0 unspecified atom stereocenters. The number of nitrogens with one attached hydrogen (secondary N) is 2. The third-order valence-corrected chi connectivity index (χ3v) is 4.21. The Balaban J connectivity index is 1.80. The van der Waals surface area contributed by atoms with Crippen LogP contribution in [0.4, 0.5) is 11.4 Å². The lowest BCUT2D eigenvalue weighted by Crippen LogP contribution is -2.12. The average molecular weight is 407 g/mol. The summed E-state index contributed by atoms with van der Waals surface area (Å²) < 4.78 is 28.9. The summed E-state index contributed by atoms with van der Waals surface area (Å²) in [6.45, 7) is 0. The molecule has 146 valence electrons. The predicted octanol–water partition coefficient (Wildman–Crippen LogP) is 2.68. The van der Waals surface area contributed by atoms with E-state index in [4.69, 9.17) is 4.74 Å². The summed E-state index contributed by atoms with van der Waals surface area (Å²) in [5.41, 5.74) is 2.53. The number of carbonyl (C=O) groups excluding carboxylic acids is 1. The number of hydrogen-bond acceptors (Lipinski definition) is 5. The van der Waals surface area contributed by atoms with E-state index in [0.29, 0.717) is 33.9 Å². The Bertz CT molecular complexity index is 1140. The minimum absolute atomic E-state index is 0.347. The van der Waals surface area contributed by atoms with Crippen LogP contribution in [-0.4, -0.2) is 26.4 Å². The van der Waals surface area contributed by atoms with Crippen LogP contribution in [0.3, 0.4) is 0 Å². The van der Waals surface area contributed by atoms with Crippen LogP contribution >= 0.6 is 0 Å². The molecule has 7 nitrogen and oxygen atoms in total. The molecule has 29 heavy (non-hydrogen) atoms. The monoisotopic (exact) mass is 407 g/mol. The number of ether oxygens (including phenoxy) is 1. The summed E-state index contributed by atoms with van der Waals surface area (Å²) >= 11 is 0. The highest BCUT2D eigenvalue weighted by atomic mass is 32.2. The molecule has 0 aliphatic carbocycles. The quantitative estimate of drug-likeness (QED) is 0.446. The fourth-order valence-corrected chi connectivity index (χ4v) is 2.79. The maximum absolute atomic E-state index is 12.6. The standard InChI is InChI=1S/C21H17N3O4S/c1-28-20-13-15(5-6-17-4-2-3-11-22-17)12-16(14-20)21(25)23-18-7-9-19(10-8-18)24-29(26)27/h2-4,7-14,29H,1H3,(H,23,25)(H,24,26,27). The number of benzene rings is 2. The van der Waals surface area contributed by atoms with Gasteiger partial charge in [-0.05, 0) is 60.5 Å². The van der Waals surface area contributed by atoms with Gasteiger partial charge in [0.2, 0.25) is 10.9 Å². The van der Waals surface area contributed by atoms with E-state index in [-0.39, 0.29) is 5.91 Å². The molecular weight excluding hydrogens is 390 g/mol. The van der Waals surface area contributed by atoms with Crippen molar-refractivity contribution in [3.05, 3.63) is 83.7 Å². The van der Waals surface area contributed by atoms with Gasteiger partial charge in [0.15, 0.2) is 0 Å². The van der Waals surface area contributed by atoms with E-state index < -0.39 is 10.9 Å². The highest BCUT2D eigenvalue weighted by molar-refractivity contribution is 7.73. The molecule has 0 saturated carbocycles. The topological polar surface area (TPSA) is 97.4 Å². The highest BCUT2D eigenvalue weighted by Crippen LogP contribution is 2.19. The number of pyridine rings is 1. The zero-order chi connectivity index (χ0) is 20.6. The average Bonchev–Trinajstić information content (AvgIpc) is 2.73. The number of thiol groups is 1. The summed E-state index contributed by atoms with van der Waals surface area (Å²) in [6, 6.07) is 16.7. The van der Waals surface area contributed by atoms with Crippen molar-refractivity contribution in [2.75, 3.05) is 17.1 Å². The summed E-state index contributed by atoms with van der Waals surface area (Å²) in [6.07, 6.45) is 1.66. The zero-order valence-electron chi connectivity index (χ0n) is 15.4. The van der Waals surface area contributed by atoms with Crippen LogP contribution < -0.4 is 14.8 Å². The minimum atomic E-state index is -2.74. The molecule has 1 amide bonds. The highest BCUT2D eigenvalue weighted by Gasteiger charge is 2.09. The molecular formula is C21H17N3O4S. The Labute approximate surface area is 169 Å². The van der Waals surface area contributed by atoms with Crippen molar-refractivity contribution >= 4 is 28.2 Å². The number of anilines is 2. The number of nitrogens with zero attached hydrogens (tertiary/aromatic N) is 1. The normalized spacial score (nSPS) is 10.0. The number of methoxy groups -OCH3 is 1. The molecule has 0 radical (unpaired) electrons. The third-order valence-electron chi connectivity index (χ3n) is 3.77. The van der Waals surface area contributed by atoms with Gasteiger partial charge in [0.25, 0.3) is 5.91 Å². The number of aromatic nitrogens is 1. The van der Waals surface area contributed by atoms with Crippen LogP contribution in [0.5, 0.6) is 5.75 Å². The molecule has 2 N–H and O–H groups in total. The van der Waals surface area contributed by atoms with Crippen molar-refractivity contribution in [1.29, 1.82) is 0 Å². The van der Waals surface area contributed by atoms with Crippen molar-refractivity contribution in [2.45, 2.75) is 0 Å². The Morgan fingerprint density at radius 2 is 1.76 bits per heavy atom. The molecule has 3 rings (SSSR count). The smallest absolute Gasteiger partial charge is 0.255 e. The lowest BCUT2D eigenvalue weighted by Gasteiger charge is -2.08. The van der Waals surface area contributed by atoms with Gasteiger partial charge in [0.05, 0.1) is 7.11 Å². The van der Waals surface area contributed by atoms with Gasteiger partial charge in [-0.15, -0.1) is 0 Å². The Kier molecular flexibility index (Phi) is 6.45. The second-order valence-electron chi connectivity index (χ2n) is 5.82. The fourth-order valence-electron chi connectivity index (χ4n) is 2.43. The number of rotatable bonds is 5. The first-order chi connectivity index (χ1) is 14.0. The third kappa shape index (κ3) is 5.82. The van der Waals surface area contributed by atoms with Gasteiger partial charge in [-0.3, -0.25) is 9.52 Å². The van der Waals surface area contributed by atoms with Crippen molar-refractivity contribution in [2.24, 2.45) is 0 Å². The first-order valence-corrected chi connectivity index (χ1v) is 9.66. The van der Waals surface area contributed by atoms with E-state index in [1.807, 2.05) is 12.1 Å². The van der Waals surface area contributed by atoms with E-state index in [1.54, 1.807) is 54.7 Å². The molecule has 1 aromatic heterocycles. The van der Waals surface area contributed by atoms with E-state index in [1.165, 1.54) is 7.11 Å². The molecule has 3 aromatic rings. The second kappa shape index (κ2) is 9.39. The van der Waals surface area contributed by atoms with Crippen molar-refractivity contribution < 1.29 is 17.9 Å². The molecule has 0 atom stereocenters. The number of amides is 1. The van der Waals surface area contributed by atoms with Gasteiger partial charge in [-0.25, -0.2) is 13.4 Å². The Morgan fingerprint density at radius 3 is 2.41 bits per heavy atom. The van der Waals surface area contributed by atoms with Gasteiger partial charge in [-0.2, -0.15) is 0 Å². The van der Waals surface area contributed by atoms with Crippen molar-refractivity contribution in [3.63, 3.8) is 0 Å². The molecule has 0 spiro atoms. The first-order valence-electron chi connectivity index (χ1n) is 8.48. The molecule has 1 heterocycles. The number of hydrogen-bond donors (Lipinski definition) is 3. The SMILES string of the molecule is COc1cc(C#Cc2ccccn2)cc(C(=O)Nc2ccc(N[SH](=O)=O)cc2)c1. The number of carbonyl (C=O) groups is 1. The molecule has 0 fully saturated rings. The maximum atomic E-state index is 12.6. The predicted molar refractivity (Wildman–Crippen MR) is 112 cm³/mol. The van der Waals surface area contributed by atoms with E-state index in [0.717, 1.165) is 0 Å². The molecule has 0 bridgehead atoms. The molecule has 0 saturated heterocycles. The van der Waals surface area contributed by atoms with Crippen LogP contribution in [0, 0.1) is 11.8 Å². The lowest BCUT2D eigenvalue weighted by atomic mass is 10.1. The summed E-state index contributed by atoms with van der Waals surface area (Å²) in [5.74, 6) is 6.08. The largest absolute Gasteiger partial charge is 0.497 e. The fraction of sp³-hybridized carbons (Fsp3) is 0.0476. The van der Waals surface area contributed by atoms with Gasteiger partial charge < -0.3 is 10.1 Å². The van der Waals surface area contributed by atoms with Crippen LogP contribution in [0.1, 0.15) is 21.6 Å². The summed E-state index contributed by atoms with van der Waals surface area (Å²) in [7, 11) is -1.22. The molecule has 2 aromatic carbocycles. The molecule has 8 heteroatoms. The van der Waals surface area contributed by atoms with Gasteiger partial charge >= 0.3 is 0 Å². The van der Waals surface area contributed by atoms with E-state index >= 15 is 0 Å². The maximum Gasteiger partial charge on any atom is 0.255 e. The summed E-state index contributed by atoms with van der Waals surface area (Å²) in [4.78, 5) is 16.8. The van der Waals surface area contributed by atoms with Crippen LogP contribution in [0.2, 0.25) is 0 Å². The van der Waals surface area contributed by atoms with Crippen LogP contribution in [0.25, 0.3) is 0 Å². The zero-order valence-corrected chi connectivity index (χ0v) is 16.3. The lowest BCUT2D eigenvalue weighted by molar-refractivity contribution is 0.102. The van der Waals surface area contributed by atoms with E-state index in [2.05, 4.69) is 26.9 Å². The van der Waals surface area contributed by atoms with Gasteiger partial charge in [0.1, 0.15) is 11.4 Å².